The summed E-state index contributed by atoms with van der Waals surface area (Å²) in [6.07, 6.45) is 37.5. The molecule has 4 nitrogen and oxygen atoms in total. The molecular weight excluding hydrogens is 515 g/mol. The molecule has 0 aliphatic rings. The predicted molar refractivity (Wildman–Crippen MR) is 167 cm³/mol. The molecule has 0 aliphatic heterocycles. The van der Waals surface area contributed by atoms with Crippen molar-refractivity contribution in [2.45, 2.75) is 200 Å². The topological polar surface area (TPSA) is 52.6 Å². The number of unbranched alkanes of at least 4 members (excludes halogenated alkanes) is 27. The van der Waals surface area contributed by atoms with Crippen molar-refractivity contribution < 1.29 is 47.8 Å². The summed E-state index contributed by atoms with van der Waals surface area (Å²) in [6.45, 7) is 5.03. The van der Waals surface area contributed by atoms with Crippen molar-refractivity contribution in [3.8, 4) is 0 Å². The Labute approximate surface area is 270 Å². The van der Waals surface area contributed by atoms with E-state index in [0.29, 0.717) is 0 Å². The van der Waals surface area contributed by atoms with E-state index in [9.17, 15) is 8.42 Å². The molecule has 0 rings (SSSR count). The van der Waals surface area contributed by atoms with Crippen LogP contribution < -0.4 is 29.6 Å². The van der Waals surface area contributed by atoms with E-state index in [1.165, 1.54) is 154 Å². The van der Waals surface area contributed by atoms with Crippen LogP contribution >= 0.6 is 0 Å². The fourth-order valence-corrected chi connectivity index (χ4v) is 5.84. The molecule has 0 amide bonds. The smallest absolute Gasteiger partial charge is 1.00 e. The first-order chi connectivity index (χ1) is 18.6. The van der Waals surface area contributed by atoms with Crippen LogP contribution in [0.25, 0.3) is 0 Å². The normalized spacial score (nSPS) is 11.6. The number of hydrogen-bond donors (Lipinski definition) is 0. The second-order valence-corrected chi connectivity index (χ2v) is 12.9. The number of hydrogen-bond acceptors (Lipinski definition) is 4. The van der Waals surface area contributed by atoms with Gasteiger partial charge in [-0.15, -0.1) is 0 Å². The van der Waals surface area contributed by atoms with Crippen molar-refractivity contribution in [3.63, 3.8) is 0 Å². The minimum Gasteiger partial charge on any atom is -1.00 e. The number of rotatable bonds is 33. The third kappa shape index (κ3) is 36.8. The zero-order valence-corrected chi connectivity index (χ0v) is 29.8. The van der Waals surface area contributed by atoms with Crippen molar-refractivity contribution >= 4 is 10.4 Å². The van der Waals surface area contributed by atoms with Gasteiger partial charge >= 0.3 is 40.0 Å². The van der Waals surface area contributed by atoms with Gasteiger partial charge in [0.15, 0.2) is 0 Å². The summed E-state index contributed by atoms with van der Waals surface area (Å²) in [5.41, 5.74) is 0. The van der Waals surface area contributed by atoms with Crippen molar-refractivity contribution in [1.82, 2.24) is 0 Å². The van der Waals surface area contributed by atoms with Gasteiger partial charge in [-0.1, -0.05) is 187 Å². The van der Waals surface area contributed by atoms with E-state index < -0.39 is 10.4 Å². The summed E-state index contributed by atoms with van der Waals surface area (Å²) in [4.78, 5) is 0. The van der Waals surface area contributed by atoms with Crippen LogP contribution in [0.5, 0.6) is 0 Å². The molecule has 0 N–H and O–H groups in total. The second kappa shape index (κ2) is 35.1. The molecule has 0 fully saturated rings. The van der Waals surface area contributed by atoms with Gasteiger partial charge in [-0.25, -0.2) is 8.37 Å². The molecule has 39 heavy (non-hydrogen) atoms. The molecular formula is C33H69NaO4S. The quantitative estimate of drug-likeness (QED) is 0.0572. The maximum absolute atomic E-state index is 11.8. The standard InChI is InChI=1S/C33H68O4S.Na.H/c1-3-5-7-9-11-13-15-16-17-18-19-20-21-22-23-25-27-29-31-33-37-38(34,35)36-32-30-28-26-24-14-12-10-8-6-4-2;;/h3-33H2,1-2H3;;/q;+1;-1. The molecule has 232 valence electrons. The maximum Gasteiger partial charge on any atom is 1.00 e. The minimum atomic E-state index is -3.82. The van der Waals surface area contributed by atoms with Crippen LogP contribution in [0.15, 0.2) is 0 Å². The van der Waals surface area contributed by atoms with Crippen LogP contribution in [0.1, 0.15) is 201 Å². The zero-order valence-electron chi connectivity index (χ0n) is 28.0. The molecule has 0 radical (unpaired) electrons. The van der Waals surface area contributed by atoms with Crippen LogP contribution in [0.3, 0.4) is 0 Å². The van der Waals surface area contributed by atoms with E-state index in [2.05, 4.69) is 13.8 Å². The van der Waals surface area contributed by atoms with Crippen LogP contribution in [0, 0.1) is 0 Å². The summed E-state index contributed by atoms with van der Waals surface area (Å²) in [5.74, 6) is 0. The Balaban J connectivity index is -0.00000684. The molecule has 6 heteroatoms. The second-order valence-electron chi connectivity index (χ2n) is 11.6. The monoisotopic (exact) mass is 584 g/mol. The van der Waals surface area contributed by atoms with Crippen molar-refractivity contribution in [2.75, 3.05) is 13.2 Å². The van der Waals surface area contributed by atoms with Crippen LogP contribution in [-0.2, 0) is 18.8 Å². The van der Waals surface area contributed by atoms with Gasteiger partial charge in [0.2, 0.25) is 0 Å². The Morgan fingerprint density at radius 3 is 0.744 bits per heavy atom. The Hall–Kier alpha value is 0.870. The average Bonchev–Trinajstić information content (AvgIpc) is 2.90. The third-order valence-electron chi connectivity index (χ3n) is 7.70. The molecule has 0 aromatic carbocycles. The van der Waals surface area contributed by atoms with E-state index >= 15 is 0 Å². The summed E-state index contributed by atoms with van der Waals surface area (Å²) >= 11 is 0. The fourth-order valence-electron chi connectivity index (χ4n) is 5.13. The molecule has 0 aromatic heterocycles. The van der Waals surface area contributed by atoms with E-state index in [-0.39, 0.29) is 44.2 Å². The molecule has 0 saturated carbocycles. The molecule has 0 aromatic rings. The summed E-state index contributed by atoms with van der Waals surface area (Å²) < 4.78 is 33.7. The molecule has 0 spiro atoms. The predicted octanol–water partition coefficient (Wildman–Crippen LogP) is 8.73. The van der Waals surface area contributed by atoms with Crippen LogP contribution in [-0.4, -0.2) is 21.6 Å². The van der Waals surface area contributed by atoms with Crippen LogP contribution in [0.4, 0.5) is 0 Å². The first-order valence-electron chi connectivity index (χ1n) is 17.2. The van der Waals surface area contributed by atoms with E-state index in [1.54, 1.807) is 0 Å². The first kappa shape index (κ1) is 42.0. The zero-order chi connectivity index (χ0) is 27.8. The van der Waals surface area contributed by atoms with Gasteiger partial charge in [-0.3, -0.25) is 0 Å². The Kier molecular flexibility index (Phi) is 37.8. The molecule has 0 heterocycles. The molecule has 0 aliphatic carbocycles. The summed E-state index contributed by atoms with van der Waals surface area (Å²) in [5, 5.41) is 0. The van der Waals surface area contributed by atoms with Crippen LogP contribution in [0.2, 0.25) is 0 Å². The SMILES string of the molecule is CCCCCCCCCCCCCCCCCCCCCOS(=O)(=O)OCCCCCCCCCCCC.[H-].[Na+]. The average molecular weight is 585 g/mol. The summed E-state index contributed by atoms with van der Waals surface area (Å²) in [6, 6.07) is 0. The van der Waals surface area contributed by atoms with Gasteiger partial charge < -0.3 is 1.43 Å². The molecule has 0 bridgehead atoms. The van der Waals surface area contributed by atoms with Crippen molar-refractivity contribution in [1.29, 1.82) is 0 Å². The Bertz CT molecular complexity index is 549. The van der Waals surface area contributed by atoms with Crippen molar-refractivity contribution in [2.24, 2.45) is 0 Å². The van der Waals surface area contributed by atoms with Gasteiger partial charge in [0.1, 0.15) is 0 Å². The first-order valence-corrected chi connectivity index (χ1v) is 18.5. The summed E-state index contributed by atoms with van der Waals surface area (Å²) in [7, 11) is -3.82. The molecule has 0 atom stereocenters. The van der Waals surface area contributed by atoms with Crippen molar-refractivity contribution in [3.05, 3.63) is 0 Å². The Morgan fingerprint density at radius 2 is 0.538 bits per heavy atom. The molecule has 0 saturated heterocycles. The van der Waals surface area contributed by atoms with E-state index in [1.807, 2.05) is 0 Å². The van der Waals surface area contributed by atoms with Gasteiger partial charge in [-0.05, 0) is 12.8 Å². The largest absolute Gasteiger partial charge is 1.00 e. The third-order valence-corrected chi connectivity index (χ3v) is 8.61. The van der Waals surface area contributed by atoms with Gasteiger partial charge in [0.05, 0.1) is 13.2 Å². The maximum atomic E-state index is 11.8. The molecule has 0 unspecified atom stereocenters. The fraction of sp³-hybridized carbons (Fsp3) is 1.00. The van der Waals surface area contributed by atoms with Gasteiger partial charge in [0.25, 0.3) is 0 Å². The van der Waals surface area contributed by atoms with Gasteiger partial charge in [0, 0.05) is 0 Å². The van der Waals surface area contributed by atoms with Gasteiger partial charge in [-0.2, -0.15) is 8.42 Å². The minimum absolute atomic E-state index is 0. The van der Waals surface area contributed by atoms with E-state index in [0.717, 1.165) is 32.1 Å². The Morgan fingerprint density at radius 1 is 0.359 bits per heavy atom. The van der Waals surface area contributed by atoms with E-state index in [4.69, 9.17) is 8.37 Å².